The summed E-state index contributed by atoms with van der Waals surface area (Å²) in [5, 5.41) is 3.52. The molecule has 2 atom stereocenters. The number of nitrogen functional groups attached to an aromatic ring is 1. The fourth-order valence-electron chi connectivity index (χ4n) is 2.69. The number of rotatable bonds is 2. The Hall–Kier alpha value is -1.76. The number of nitrogens with two attached hydrogens (primary N) is 1. The molecule has 1 saturated heterocycles. The smallest absolute Gasteiger partial charge is 0.410 e. The van der Waals surface area contributed by atoms with Crippen LogP contribution in [0.25, 0.3) is 0 Å². The van der Waals surface area contributed by atoms with Crippen molar-refractivity contribution in [3.8, 4) is 0 Å². The molecule has 0 radical (unpaired) electrons. The number of anilines is 2. The molecular formula is C16H26ClN5O2. The predicted molar refractivity (Wildman–Crippen MR) is 95.2 cm³/mol. The van der Waals surface area contributed by atoms with Crippen LogP contribution in [0.3, 0.4) is 0 Å². The third-order valence-corrected chi connectivity index (χ3v) is 4.16. The summed E-state index contributed by atoms with van der Waals surface area (Å²) in [6.45, 7) is 10.7. The van der Waals surface area contributed by atoms with Crippen LogP contribution in [0.5, 0.6) is 0 Å². The van der Waals surface area contributed by atoms with E-state index in [9.17, 15) is 4.79 Å². The van der Waals surface area contributed by atoms with Gasteiger partial charge in [-0.3, -0.25) is 0 Å². The van der Waals surface area contributed by atoms with E-state index in [1.165, 1.54) is 0 Å². The van der Waals surface area contributed by atoms with Gasteiger partial charge in [0.25, 0.3) is 0 Å². The van der Waals surface area contributed by atoms with Gasteiger partial charge >= 0.3 is 6.09 Å². The van der Waals surface area contributed by atoms with E-state index in [2.05, 4.69) is 22.2 Å². The molecule has 0 bridgehead atoms. The minimum atomic E-state index is -0.487. The van der Waals surface area contributed by atoms with Gasteiger partial charge in [0.05, 0.1) is 11.4 Å². The minimum absolute atomic E-state index is 0.149. The van der Waals surface area contributed by atoms with Crippen molar-refractivity contribution in [3.05, 3.63) is 11.0 Å². The van der Waals surface area contributed by atoms with Gasteiger partial charge in [0.1, 0.15) is 5.60 Å². The number of nitrogens with one attached hydrogen (secondary N) is 1. The summed E-state index contributed by atoms with van der Waals surface area (Å²) in [5.74, 6) is 0.773. The van der Waals surface area contributed by atoms with Crippen LogP contribution in [0.2, 0.25) is 5.28 Å². The SMILES string of the molecule is Cc1nc(Cl)nc(N[C@H]2CCN(C(=O)OC(C)(C)C)C[C@H]2C)c1N. The summed E-state index contributed by atoms with van der Waals surface area (Å²) < 4.78 is 5.44. The molecule has 0 saturated carbocycles. The zero-order chi connectivity index (χ0) is 18.1. The van der Waals surface area contributed by atoms with Gasteiger partial charge in [-0.25, -0.2) is 9.78 Å². The van der Waals surface area contributed by atoms with E-state index in [0.29, 0.717) is 30.3 Å². The van der Waals surface area contributed by atoms with Gasteiger partial charge in [-0.15, -0.1) is 0 Å². The lowest BCUT2D eigenvalue weighted by Gasteiger charge is -2.38. The van der Waals surface area contributed by atoms with Crippen molar-refractivity contribution in [1.29, 1.82) is 0 Å². The molecule has 0 unspecified atom stereocenters. The molecular weight excluding hydrogens is 330 g/mol. The highest BCUT2D eigenvalue weighted by molar-refractivity contribution is 6.28. The number of ether oxygens (including phenoxy) is 1. The van der Waals surface area contributed by atoms with Crippen LogP contribution >= 0.6 is 11.6 Å². The van der Waals surface area contributed by atoms with Crippen LogP contribution in [0.4, 0.5) is 16.3 Å². The zero-order valence-corrected chi connectivity index (χ0v) is 15.6. The van der Waals surface area contributed by atoms with Crippen LogP contribution < -0.4 is 11.1 Å². The van der Waals surface area contributed by atoms with Gasteiger partial charge in [-0.2, -0.15) is 4.98 Å². The number of carbonyl (C=O) groups excluding carboxylic acids is 1. The number of likely N-dealkylation sites (tertiary alicyclic amines) is 1. The molecule has 134 valence electrons. The van der Waals surface area contributed by atoms with E-state index in [0.717, 1.165) is 6.42 Å². The quantitative estimate of drug-likeness (QED) is 0.792. The molecule has 0 aliphatic carbocycles. The van der Waals surface area contributed by atoms with Crippen molar-refractivity contribution in [2.24, 2.45) is 5.92 Å². The first kappa shape index (κ1) is 18.6. The Bertz CT molecular complexity index is 617. The second-order valence-corrected chi connectivity index (χ2v) is 7.62. The lowest BCUT2D eigenvalue weighted by atomic mass is 9.94. The number of piperidine rings is 1. The lowest BCUT2D eigenvalue weighted by Crippen LogP contribution is -2.49. The molecule has 24 heavy (non-hydrogen) atoms. The molecule has 3 N–H and O–H groups in total. The maximum Gasteiger partial charge on any atom is 0.410 e. The van der Waals surface area contributed by atoms with Crippen molar-refractivity contribution < 1.29 is 9.53 Å². The van der Waals surface area contributed by atoms with E-state index >= 15 is 0 Å². The number of aromatic nitrogens is 2. The summed E-state index contributed by atoms with van der Waals surface area (Å²) in [4.78, 5) is 22.2. The molecule has 7 nitrogen and oxygen atoms in total. The van der Waals surface area contributed by atoms with Crippen LogP contribution in [-0.2, 0) is 4.74 Å². The Labute approximate surface area is 147 Å². The predicted octanol–water partition coefficient (Wildman–Crippen LogP) is 3.08. The monoisotopic (exact) mass is 355 g/mol. The number of hydrogen-bond acceptors (Lipinski definition) is 6. The molecule has 8 heteroatoms. The van der Waals surface area contributed by atoms with Gasteiger partial charge in [0.15, 0.2) is 5.82 Å². The Morgan fingerprint density at radius 3 is 2.67 bits per heavy atom. The average Bonchev–Trinajstić information content (AvgIpc) is 2.44. The summed E-state index contributed by atoms with van der Waals surface area (Å²) in [6.07, 6.45) is 0.508. The van der Waals surface area contributed by atoms with Gasteiger partial charge < -0.3 is 20.7 Å². The third kappa shape index (κ3) is 4.63. The van der Waals surface area contributed by atoms with Gasteiger partial charge in [0, 0.05) is 19.1 Å². The number of amides is 1. The minimum Gasteiger partial charge on any atom is -0.444 e. The van der Waals surface area contributed by atoms with Crippen LogP contribution in [-0.4, -0.2) is 45.7 Å². The van der Waals surface area contributed by atoms with Gasteiger partial charge in [0.2, 0.25) is 5.28 Å². The van der Waals surface area contributed by atoms with Crippen molar-refractivity contribution >= 4 is 29.2 Å². The molecule has 0 spiro atoms. The molecule has 2 rings (SSSR count). The van der Waals surface area contributed by atoms with Crippen molar-refractivity contribution in [2.75, 3.05) is 24.1 Å². The number of halogens is 1. The van der Waals surface area contributed by atoms with Crippen molar-refractivity contribution in [3.63, 3.8) is 0 Å². The first-order chi connectivity index (χ1) is 11.1. The summed E-state index contributed by atoms with van der Waals surface area (Å²) in [5.41, 5.74) is 6.69. The van der Waals surface area contributed by atoms with Crippen LogP contribution in [0.1, 0.15) is 39.8 Å². The second kappa shape index (κ2) is 7.01. The standard InChI is InChI=1S/C16H26ClN5O2/c1-9-8-22(15(23)24-16(3,4)5)7-6-11(9)20-13-12(18)10(2)19-14(17)21-13/h9,11H,6-8,18H2,1-5H3,(H,19,20,21)/t9-,11+/m1/s1. The lowest BCUT2D eigenvalue weighted by molar-refractivity contribution is 0.0165. The summed E-state index contributed by atoms with van der Waals surface area (Å²) in [7, 11) is 0. The Balaban J connectivity index is 2.01. The van der Waals surface area contributed by atoms with Crippen LogP contribution in [0, 0.1) is 12.8 Å². The van der Waals surface area contributed by atoms with E-state index in [-0.39, 0.29) is 23.3 Å². The van der Waals surface area contributed by atoms with Crippen LogP contribution in [0.15, 0.2) is 0 Å². The molecule has 1 amide bonds. The number of carbonyl (C=O) groups is 1. The second-order valence-electron chi connectivity index (χ2n) is 7.28. The van der Waals surface area contributed by atoms with Crippen molar-refractivity contribution in [1.82, 2.24) is 14.9 Å². The molecule has 1 aliphatic rings. The Kier molecular flexibility index (Phi) is 5.42. The maximum absolute atomic E-state index is 12.2. The Morgan fingerprint density at radius 1 is 1.42 bits per heavy atom. The highest BCUT2D eigenvalue weighted by atomic mass is 35.5. The molecule has 1 aliphatic heterocycles. The highest BCUT2D eigenvalue weighted by Crippen LogP contribution is 2.26. The largest absolute Gasteiger partial charge is 0.444 e. The average molecular weight is 356 g/mol. The number of aryl methyl sites for hydroxylation is 1. The maximum atomic E-state index is 12.2. The first-order valence-electron chi connectivity index (χ1n) is 8.11. The van der Waals surface area contributed by atoms with Gasteiger partial charge in [-0.05, 0) is 51.6 Å². The number of hydrogen-bond donors (Lipinski definition) is 2. The first-order valence-corrected chi connectivity index (χ1v) is 8.48. The Morgan fingerprint density at radius 2 is 2.08 bits per heavy atom. The van der Waals surface area contributed by atoms with Crippen molar-refractivity contribution in [2.45, 2.75) is 52.7 Å². The van der Waals surface area contributed by atoms with E-state index in [4.69, 9.17) is 22.1 Å². The normalized spacial score (nSPS) is 21.5. The summed E-state index contributed by atoms with van der Waals surface area (Å²) >= 11 is 5.92. The molecule has 2 heterocycles. The molecule has 1 aromatic heterocycles. The highest BCUT2D eigenvalue weighted by Gasteiger charge is 2.31. The van der Waals surface area contributed by atoms with Gasteiger partial charge in [-0.1, -0.05) is 6.92 Å². The summed E-state index contributed by atoms with van der Waals surface area (Å²) in [6, 6.07) is 0.149. The molecule has 1 fully saturated rings. The third-order valence-electron chi connectivity index (χ3n) is 3.99. The van der Waals surface area contributed by atoms with E-state index < -0.39 is 5.60 Å². The molecule has 1 aromatic rings. The zero-order valence-electron chi connectivity index (χ0n) is 14.9. The topological polar surface area (TPSA) is 93.4 Å². The van der Waals surface area contributed by atoms with E-state index in [1.807, 2.05) is 20.8 Å². The molecule has 0 aromatic carbocycles. The fraction of sp³-hybridized carbons (Fsp3) is 0.688. The fourth-order valence-corrected chi connectivity index (χ4v) is 2.90. The van der Waals surface area contributed by atoms with E-state index in [1.54, 1.807) is 11.8 Å². The number of nitrogens with zero attached hydrogens (tertiary/aromatic N) is 3.